The Morgan fingerprint density at radius 3 is 2.82 bits per heavy atom. The van der Waals surface area contributed by atoms with E-state index in [1.807, 2.05) is 24.3 Å². The van der Waals surface area contributed by atoms with Crippen LogP contribution in [0.3, 0.4) is 0 Å². The van der Waals surface area contributed by atoms with Gasteiger partial charge in [0.1, 0.15) is 12.3 Å². The number of halogens is 2. The zero-order valence-corrected chi connectivity index (χ0v) is 18.4. The topological polar surface area (TPSA) is 80.0 Å². The highest BCUT2D eigenvalue weighted by atomic mass is 32.1. The summed E-state index contributed by atoms with van der Waals surface area (Å²) in [4.78, 5) is 13.2. The normalized spacial score (nSPS) is 25.2. The van der Waals surface area contributed by atoms with E-state index in [-0.39, 0.29) is 25.3 Å². The first-order chi connectivity index (χ1) is 16.0. The van der Waals surface area contributed by atoms with E-state index < -0.39 is 24.0 Å². The Morgan fingerprint density at radius 2 is 2.06 bits per heavy atom. The summed E-state index contributed by atoms with van der Waals surface area (Å²) in [7, 11) is 0. The lowest BCUT2D eigenvalue weighted by Gasteiger charge is -2.40. The van der Waals surface area contributed by atoms with E-state index in [2.05, 4.69) is 14.8 Å². The van der Waals surface area contributed by atoms with Gasteiger partial charge in [-0.2, -0.15) is 5.10 Å². The van der Waals surface area contributed by atoms with Gasteiger partial charge in [0.15, 0.2) is 0 Å². The Kier molecular flexibility index (Phi) is 5.67. The fourth-order valence-corrected chi connectivity index (χ4v) is 4.89. The first kappa shape index (κ1) is 21.7. The van der Waals surface area contributed by atoms with Gasteiger partial charge in [-0.1, -0.05) is 30.3 Å². The lowest BCUT2D eigenvalue weighted by atomic mass is 9.80. The summed E-state index contributed by atoms with van der Waals surface area (Å²) in [6.07, 6.45) is -0.501. The van der Waals surface area contributed by atoms with Crippen LogP contribution in [0.1, 0.15) is 23.2 Å². The summed E-state index contributed by atoms with van der Waals surface area (Å²) < 4.78 is 36.1. The van der Waals surface area contributed by atoms with E-state index in [0.717, 1.165) is 15.1 Å². The largest absolute Gasteiger partial charge is 0.385 e. The van der Waals surface area contributed by atoms with Crippen LogP contribution in [0.5, 0.6) is 0 Å². The molecule has 1 fully saturated rings. The first-order valence-corrected chi connectivity index (χ1v) is 11.5. The number of benzene rings is 2. The number of alkyl halides is 2. The number of nitrogens with zero attached hydrogens (tertiary/aromatic N) is 3. The van der Waals surface area contributed by atoms with Crippen molar-refractivity contribution in [2.75, 3.05) is 6.54 Å². The van der Waals surface area contributed by atoms with Crippen LogP contribution >= 0.6 is 11.5 Å². The molecular formula is C24H22F2N4O2S. The van der Waals surface area contributed by atoms with Crippen LogP contribution in [0.25, 0.3) is 21.3 Å². The molecule has 2 N–H and O–H groups in total. The molecule has 170 valence electrons. The molecule has 0 aliphatic heterocycles. The molecule has 0 spiro atoms. The van der Waals surface area contributed by atoms with Crippen molar-refractivity contribution in [1.29, 1.82) is 0 Å². The van der Waals surface area contributed by atoms with Gasteiger partial charge in [-0.05, 0) is 47.8 Å². The number of carbonyl (C=O) groups is 1. The summed E-state index contributed by atoms with van der Waals surface area (Å²) in [5.74, 6) is -3.40. The fourth-order valence-electron chi connectivity index (χ4n) is 4.30. The number of aliphatic hydroxyl groups excluding tert-OH is 1. The average molecular weight is 469 g/mol. The summed E-state index contributed by atoms with van der Waals surface area (Å²) in [5.41, 5.74) is 1.92. The second-order valence-corrected chi connectivity index (χ2v) is 9.14. The molecule has 0 unspecified atom stereocenters. The van der Waals surface area contributed by atoms with Gasteiger partial charge in [0.2, 0.25) is 5.79 Å². The summed E-state index contributed by atoms with van der Waals surface area (Å²) in [6, 6.07) is 16.0. The van der Waals surface area contributed by atoms with E-state index in [0.29, 0.717) is 16.5 Å². The lowest BCUT2D eigenvalue weighted by molar-refractivity contribution is -0.153. The average Bonchev–Trinajstić information content (AvgIpc) is 3.52. The molecule has 2 aromatic carbocycles. The minimum Gasteiger partial charge on any atom is -0.385 e. The van der Waals surface area contributed by atoms with E-state index >= 15 is 8.78 Å². The van der Waals surface area contributed by atoms with Crippen LogP contribution in [-0.2, 0) is 5.79 Å². The summed E-state index contributed by atoms with van der Waals surface area (Å²) in [6.45, 7) is 0.0152. The zero-order chi connectivity index (χ0) is 23.0. The molecule has 4 aromatic rings. The van der Waals surface area contributed by atoms with Gasteiger partial charge in [-0.3, -0.25) is 4.79 Å². The number of nitrogens with one attached hydrogen (secondary N) is 1. The summed E-state index contributed by atoms with van der Waals surface area (Å²) in [5, 5.41) is 18.3. The number of hydrogen-bond acceptors (Lipinski definition) is 5. The minimum atomic E-state index is -2.37. The highest BCUT2D eigenvalue weighted by Crippen LogP contribution is 2.41. The molecule has 0 radical (unpaired) electrons. The van der Waals surface area contributed by atoms with Crippen molar-refractivity contribution in [2.24, 2.45) is 5.92 Å². The number of aliphatic hydroxyl groups is 1. The third-order valence-corrected chi connectivity index (χ3v) is 7.04. The lowest BCUT2D eigenvalue weighted by Crippen LogP contribution is -2.54. The molecule has 4 atom stereocenters. The highest BCUT2D eigenvalue weighted by Gasteiger charge is 2.52. The number of amides is 1. The number of fused-ring (bicyclic) bond motifs is 1. The Balaban J connectivity index is 1.31. The molecule has 9 heteroatoms. The van der Waals surface area contributed by atoms with Gasteiger partial charge in [0, 0.05) is 42.2 Å². The van der Waals surface area contributed by atoms with Crippen molar-refractivity contribution in [3.8, 4) is 10.4 Å². The smallest absolute Gasteiger partial charge is 0.251 e. The molecule has 2 heterocycles. The van der Waals surface area contributed by atoms with Crippen LogP contribution in [0, 0.1) is 5.92 Å². The molecule has 0 saturated heterocycles. The van der Waals surface area contributed by atoms with Gasteiger partial charge >= 0.3 is 0 Å². The number of hydrogen-bond donors (Lipinski definition) is 2. The van der Waals surface area contributed by atoms with Gasteiger partial charge in [-0.25, -0.2) is 17.8 Å². The van der Waals surface area contributed by atoms with Gasteiger partial charge in [-0.15, -0.1) is 0 Å². The third kappa shape index (κ3) is 4.02. The van der Waals surface area contributed by atoms with E-state index in [1.165, 1.54) is 17.7 Å². The maximum atomic E-state index is 15.9. The van der Waals surface area contributed by atoms with Crippen LogP contribution in [-0.4, -0.2) is 44.0 Å². The minimum absolute atomic E-state index is 0.0152. The number of rotatable bonds is 5. The second-order valence-electron chi connectivity index (χ2n) is 8.31. The Bertz CT molecular complexity index is 1260. The van der Waals surface area contributed by atoms with Gasteiger partial charge in [0.05, 0.1) is 10.4 Å². The molecule has 0 bridgehead atoms. The monoisotopic (exact) mass is 468 g/mol. The Hall–Kier alpha value is -3.17. The van der Waals surface area contributed by atoms with Crippen LogP contribution in [0.15, 0.2) is 67.0 Å². The Morgan fingerprint density at radius 1 is 1.24 bits per heavy atom. The summed E-state index contributed by atoms with van der Waals surface area (Å²) >= 11 is 1.35. The Labute approximate surface area is 193 Å². The standard InChI is InChI=1S/C24H22F2N4O2S/c25-21-17(13-27-23(32)15-4-2-1-3-5-15)8-10-24(26,22(21)31)30-14-18-7-6-16(12-19(18)29-30)20-9-11-28-33-20/h1-7,9,11-12,14,17,21-22,31H,8,10,13H2,(H,27,32)/t17-,21-,22-,24+/m1/s1. The number of carbonyl (C=O) groups excluding carboxylic acids is 1. The fraction of sp³-hybridized carbons (Fsp3) is 0.292. The second kappa shape index (κ2) is 8.64. The molecule has 1 saturated carbocycles. The van der Waals surface area contributed by atoms with Crippen LogP contribution in [0.2, 0.25) is 0 Å². The molecule has 1 aliphatic carbocycles. The molecular weight excluding hydrogens is 446 g/mol. The molecule has 2 aromatic heterocycles. The van der Waals surface area contributed by atoms with Gasteiger partial charge in [0.25, 0.3) is 5.91 Å². The van der Waals surface area contributed by atoms with E-state index in [4.69, 9.17) is 0 Å². The van der Waals surface area contributed by atoms with Crippen LogP contribution in [0.4, 0.5) is 8.78 Å². The van der Waals surface area contributed by atoms with Crippen LogP contribution < -0.4 is 5.32 Å². The van der Waals surface area contributed by atoms with Crippen molar-refractivity contribution in [1.82, 2.24) is 19.5 Å². The third-order valence-electron chi connectivity index (χ3n) is 6.24. The first-order valence-electron chi connectivity index (χ1n) is 10.7. The SMILES string of the molecule is O=C(NC[C@H]1CC[C@](F)(n2cc3ccc(-c4ccns4)cc3n2)[C@H](O)[C@@H]1F)c1ccccc1. The molecule has 6 nitrogen and oxygen atoms in total. The quantitative estimate of drug-likeness (QED) is 0.457. The van der Waals surface area contributed by atoms with E-state index in [1.54, 1.807) is 36.5 Å². The maximum absolute atomic E-state index is 15.9. The molecule has 1 amide bonds. The molecule has 5 rings (SSSR count). The molecule has 33 heavy (non-hydrogen) atoms. The van der Waals surface area contributed by atoms with E-state index in [9.17, 15) is 9.90 Å². The predicted octanol–water partition coefficient (Wildman–Crippen LogP) is 4.32. The molecule has 1 aliphatic rings. The zero-order valence-electron chi connectivity index (χ0n) is 17.6. The van der Waals surface area contributed by atoms with Crippen molar-refractivity contribution >= 4 is 28.3 Å². The van der Waals surface area contributed by atoms with Crippen molar-refractivity contribution in [3.05, 3.63) is 72.6 Å². The van der Waals surface area contributed by atoms with Crippen molar-refractivity contribution in [3.63, 3.8) is 0 Å². The highest BCUT2D eigenvalue weighted by molar-refractivity contribution is 7.09. The van der Waals surface area contributed by atoms with Gasteiger partial charge < -0.3 is 10.4 Å². The van der Waals surface area contributed by atoms with Crippen molar-refractivity contribution in [2.45, 2.75) is 30.9 Å². The number of aromatic nitrogens is 3. The predicted molar refractivity (Wildman–Crippen MR) is 122 cm³/mol. The maximum Gasteiger partial charge on any atom is 0.251 e. The van der Waals surface area contributed by atoms with Crippen molar-refractivity contribution < 1.29 is 18.7 Å².